The Morgan fingerprint density at radius 2 is 2.35 bits per heavy atom. The second kappa shape index (κ2) is 5.75. The molecule has 6 heteroatoms. The lowest BCUT2D eigenvalue weighted by Gasteiger charge is -2.07. The Kier molecular flexibility index (Phi) is 3.82. The Hall–Kier alpha value is -1.69. The molecule has 0 atom stereocenters. The van der Waals surface area contributed by atoms with Gasteiger partial charge in [-0.3, -0.25) is 4.79 Å². The maximum absolute atomic E-state index is 11.6. The summed E-state index contributed by atoms with van der Waals surface area (Å²) in [5, 5.41) is 3.80. The van der Waals surface area contributed by atoms with Crippen molar-refractivity contribution >= 4 is 27.5 Å². The van der Waals surface area contributed by atoms with E-state index in [0.29, 0.717) is 12.4 Å². The first-order valence-corrected chi connectivity index (χ1v) is 7.76. The van der Waals surface area contributed by atoms with Crippen LogP contribution in [-0.4, -0.2) is 29.0 Å². The molecular weight excluding hydrogens is 274 g/mol. The van der Waals surface area contributed by atoms with Gasteiger partial charge in [-0.15, -0.1) is 11.3 Å². The average molecular weight is 291 g/mol. The van der Waals surface area contributed by atoms with Crippen LogP contribution in [0.15, 0.2) is 6.33 Å². The molecule has 0 radical (unpaired) electrons. The topological polar surface area (TPSA) is 64.1 Å². The van der Waals surface area contributed by atoms with Gasteiger partial charge in [-0.05, 0) is 31.2 Å². The monoisotopic (exact) mass is 291 g/mol. The molecule has 0 saturated carbocycles. The van der Waals surface area contributed by atoms with Crippen LogP contribution in [0.3, 0.4) is 0 Å². The summed E-state index contributed by atoms with van der Waals surface area (Å²) in [6, 6.07) is 0. The fourth-order valence-corrected chi connectivity index (χ4v) is 3.68. The van der Waals surface area contributed by atoms with Crippen LogP contribution >= 0.6 is 11.3 Å². The lowest BCUT2D eigenvalue weighted by atomic mass is 10.2. The van der Waals surface area contributed by atoms with Gasteiger partial charge in [-0.2, -0.15) is 0 Å². The van der Waals surface area contributed by atoms with Crippen molar-refractivity contribution in [2.75, 3.05) is 13.2 Å². The van der Waals surface area contributed by atoms with Crippen molar-refractivity contribution in [3.05, 3.63) is 16.8 Å². The maximum Gasteiger partial charge on any atom is 0.258 e. The number of rotatable bonds is 5. The molecule has 0 unspecified atom stereocenters. The first kappa shape index (κ1) is 13.3. The average Bonchev–Trinajstić information content (AvgIpc) is 3.03. The minimum atomic E-state index is -0.106. The van der Waals surface area contributed by atoms with E-state index >= 15 is 0 Å². The maximum atomic E-state index is 11.6. The van der Waals surface area contributed by atoms with Crippen molar-refractivity contribution in [3.63, 3.8) is 0 Å². The Labute approximate surface area is 121 Å². The molecule has 2 aromatic rings. The van der Waals surface area contributed by atoms with Gasteiger partial charge in [0.25, 0.3) is 5.91 Å². The molecule has 0 aliphatic heterocycles. The molecule has 0 saturated heterocycles. The number of nitrogens with one attached hydrogen (secondary N) is 1. The van der Waals surface area contributed by atoms with Gasteiger partial charge < -0.3 is 10.1 Å². The van der Waals surface area contributed by atoms with Crippen molar-refractivity contribution in [3.8, 4) is 5.88 Å². The number of thiophene rings is 1. The second-order valence-corrected chi connectivity index (χ2v) is 5.94. The summed E-state index contributed by atoms with van der Waals surface area (Å²) in [7, 11) is 0. The molecule has 0 spiro atoms. The molecule has 3 rings (SSSR count). The number of nitrogens with zero attached hydrogens (tertiary/aromatic N) is 2. The van der Waals surface area contributed by atoms with Crippen LogP contribution in [0.1, 0.15) is 30.2 Å². The Bertz CT molecular complexity index is 639. The molecule has 1 aliphatic carbocycles. The normalized spacial score (nSPS) is 13.4. The van der Waals surface area contributed by atoms with Gasteiger partial charge in [0.2, 0.25) is 5.88 Å². The Balaban J connectivity index is 1.79. The van der Waals surface area contributed by atoms with Crippen molar-refractivity contribution < 1.29 is 9.53 Å². The fraction of sp³-hybridized carbons (Fsp3) is 0.500. The minimum absolute atomic E-state index is 0.0106. The number of ether oxygens (including phenoxy) is 1. The molecule has 106 valence electrons. The summed E-state index contributed by atoms with van der Waals surface area (Å²) in [5.74, 6) is 0.437. The summed E-state index contributed by atoms with van der Waals surface area (Å²) in [6.45, 7) is 2.70. The minimum Gasteiger partial charge on any atom is -0.467 e. The van der Waals surface area contributed by atoms with Gasteiger partial charge in [-0.25, -0.2) is 9.97 Å². The molecule has 1 amide bonds. The summed E-state index contributed by atoms with van der Waals surface area (Å²) < 4.78 is 5.61. The van der Waals surface area contributed by atoms with Crippen LogP contribution in [0.5, 0.6) is 5.88 Å². The van der Waals surface area contributed by atoms with E-state index in [0.717, 1.165) is 29.5 Å². The zero-order valence-electron chi connectivity index (χ0n) is 11.4. The van der Waals surface area contributed by atoms with Gasteiger partial charge in [0.05, 0.1) is 5.39 Å². The van der Waals surface area contributed by atoms with Gasteiger partial charge in [0.15, 0.2) is 6.61 Å². The lowest BCUT2D eigenvalue weighted by molar-refractivity contribution is -0.123. The molecular formula is C14H17N3O2S. The highest BCUT2D eigenvalue weighted by molar-refractivity contribution is 7.18. The van der Waals surface area contributed by atoms with Gasteiger partial charge >= 0.3 is 0 Å². The summed E-state index contributed by atoms with van der Waals surface area (Å²) in [6.07, 6.45) is 5.78. The van der Waals surface area contributed by atoms with E-state index in [4.69, 9.17) is 4.74 Å². The SMILES string of the molecule is CCCNC(=O)COc1ncnc2sc3c(c12)CCC3. The highest BCUT2D eigenvalue weighted by Gasteiger charge is 2.22. The Morgan fingerprint density at radius 3 is 3.20 bits per heavy atom. The number of carbonyl (C=O) groups is 1. The van der Waals surface area contributed by atoms with E-state index in [-0.39, 0.29) is 12.5 Å². The lowest BCUT2D eigenvalue weighted by Crippen LogP contribution is -2.29. The first-order chi connectivity index (χ1) is 9.79. The quantitative estimate of drug-likeness (QED) is 0.916. The van der Waals surface area contributed by atoms with Crippen LogP contribution in [0.4, 0.5) is 0 Å². The number of amides is 1. The number of hydrogen-bond donors (Lipinski definition) is 1. The van der Waals surface area contributed by atoms with E-state index in [2.05, 4.69) is 15.3 Å². The molecule has 0 fully saturated rings. The molecule has 0 bridgehead atoms. The van der Waals surface area contributed by atoms with Crippen LogP contribution in [-0.2, 0) is 17.6 Å². The molecule has 1 aliphatic rings. The number of fused-ring (bicyclic) bond motifs is 3. The van der Waals surface area contributed by atoms with E-state index in [1.165, 1.54) is 23.2 Å². The van der Waals surface area contributed by atoms with Crippen molar-refractivity contribution in [1.29, 1.82) is 0 Å². The fourth-order valence-electron chi connectivity index (χ4n) is 2.46. The molecule has 2 aromatic heterocycles. The third-order valence-electron chi connectivity index (χ3n) is 3.38. The van der Waals surface area contributed by atoms with Gasteiger partial charge in [0.1, 0.15) is 11.2 Å². The van der Waals surface area contributed by atoms with E-state index in [1.807, 2.05) is 6.92 Å². The molecule has 0 aromatic carbocycles. The smallest absolute Gasteiger partial charge is 0.258 e. The predicted octanol–water partition coefficient (Wildman–Crippen LogP) is 2.08. The van der Waals surface area contributed by atoms with E-state index in [9.17, 15) is 4.79 Å². The van der Waals surface area contributed by atoms with Crippen LogP contribution in [0, 0.1) is 0 Å². The van der Waals surface area contributed by atoms with Crippen LogP contribution < -0.4 is 10.1 Å². The highest BCUT2D eigenvalue weighted by Crippen LogP contribution is 2.39. The summed E-state index contributed by atoms with van der Waals surface area (Å²) in [4.78, 5) is 22.5. The zero-order valence-corrected chi connectivity index (χ0v) is 12.3. The van der Waals surface area contributed by atoms with Crippen molar-refractivity contribution in [2.24, 2.45) is 0 Å². The summed E-state index contributed by atoms with van der Waals surface area (Å²) >= 11 is 1.72. The zero-order chi connectivity index (χ0) is 13.9. The highest BCUT2D eigenvalue weighted by atomic mass is 32.1. The second-order valence-electron chi connectivity index (χ2n) is 4.85. The van der Waals surface area contributed by atoms with E-state index in [1.54, 1.807) is 11.3 Å². The largest absolute Gasteiger partial charge is 0.467 e. The summed E-state index contributed by atoms with van der Waals surface area (Å²) in [5.41, 5.74) is 1.31. The van der Waals surface area contributed by atoms with Crippen molar-refractivity contribution in [2.45, 2.75) is 32.6 Å². The standard InChI is InChI=1S/C14H17N3O2S/c1-2-6-15-11(18)7-19-13-12-9-4-3-5-10(9)20-14(12)17-8-16-13/h8H,2-7H2,1H3,(H,15,18). The predicted molar refractivity (Wildman–Crippen MR) is 78.2 cm³/mol. The Morgan fingerprint density at radius 1 is 1.45 bits per heavy atom. The van der Waals surface area contributed by atoms with E-state index < -0.39 is 0 Å². The molecule has 5 nitrogen and oxygen atoms in total. The third kappa shape index (κ3) is 2.47. The van der Waals surface area contributed by atoms with Gasteiger partial charge in [0, 0.05) is 11.4 Å². The number of hydrogen-bond acceptors (Lipinski definition) is 5. The third-order valence-corrected chi connectivity index (χ3v) is 4.58. The van der Waals surface area contributed by atoms with Crippen LogP contribution in [0.25, 0.3) is 10.2 Å². The van der Waals surface area contributed by atoms with Crippen LogP contribution in [0.2, 0.25) is 0 Å². The number of carbonyl (C=O) groups excluding carboxylic acids is 1. The molecule has 20 heavy (non-hydrogen) atoms. The molecule has 2 heterocycles. The number of aromatic nitrogens is 2. The molecule has 1 N–H and O–H groups in total. The van der Waals surface area contributed by atoms with Crippen molar-refractivity contribution in [1.82, 2.24) is 15.3 Å². The first-order valence-electron chi connectivity index (χ1n) is 6.94. The van der Waals surface area contributed by atoms with Gasteiger partial charge in [-0.1, -0.05) is 6.92 Å². The number of aryl methyl sites for hydroxylation is 2.